The van der Waals surface area contributed by atoms with Gasteiger partial charge in [-0.1, -0.05) is 23.9 Å². The largest absolute Gasteiger partial charge is 0.360 e. The highest BCUT2D eigenvalue weighted by molar-refractivity contribution is 9.12. The van der Waals surface area contributed by atoms with Crippen molar-refractivity contribution in [3.63, 3.8) is 0 Å². The molecule has 1 unspecified atom stereocenters. The fourth-order valence-electron chi connectivity index (χ4n) is 1.24. The number of hydrogen-bond donors (Lipinski definition) is 1. The molecule has 0 saturated carbocycles. The fraction of sp³-hybridized carbons (Fsp3) is 0.222. The van der Waals surface area contributed by atoms with Crippen LogP contribution in [0.5, 0.6) is 0 Å². The summed E-state index contributed by atoms with van der Waals surface area (Å²) < 4.78 is -0.328. The summed E-state index contributed by atoms with van der Waals surface area (Å²) in [6.45, 7) is 0. The summed E-state index contributed by atoms with van der Waals surface area (Å²) in [6.07, 6.45) is 0.437. The maximum Gasteiger partial charge on any atom is 0.157 e. The molecule has 0 radical (unpaired) electrons. The zero-order valence-electron chi connectivity index (χ0n) is 6.75. The van der Waals surface area contributed by atoms with E-state index in [1.54, 1.807) is 11.8 Å². The molecule has 0 amide bonds. The van der Waals surface area contributed by atoms with Crippen LogP contribution in [0.3, 0.4) is 0 Å². The Bertz CT molecular complexity index is 347. The molecule has 1 heterocycles. The van der Waals surface area contributed by atoms with Crippen molar-refractivity contribution in [1.82, 2.24) is 0 Å². The van der Waals surface area contributed by atoms with E-state index >= 15 is 0 Å². The van der Waals surface area contributed by atoms with Gasteiger partial charge in [-0.25, -0.2) is 0 Å². The lowest BCUT2D eigenvalue weighted by atomic mass is 10.3. The van der Waals surface area contributed by atoms with Crippen LogP contribution in [0.2, 0.25) is 0 Å². The van der Waals surface area contributed by atoms with E-state index in [-0.39, 0.29) is 3.78 Å². The van der Waals surface area contributed by atoms with Crippen molar-refractivity contribution >= 4 is 33.4 Å². The molecule has 2 rings (SSSR count). The summed E-state index contributed by atoms with van der Waals surface area (Å²) >= 11 is 5.16. The molecule has 1 aromatic carbocycles. The topological polar surface area (TPSA) is 35.8 Å². The molecule has 2 nitrogen and oxygen atoms in total. The van der Waals surface area contributed by atoms with Crippen molar-refractivity contribution in [2.75, 3.05) is 5.32 Å². The van der Waals surface area contributed by atoms with Gasteiger partial charge in [0.2, 0.25) is 0 Å². The number of nitrogens with zero attached hydrogens (tertiary/aromatic N) is 1. The highest BCUT2D eigenvalue weighted by Gasteiger charge is 2.34. The Morgan fingerprint density at radius 2 is 2.31 bits per heavy atom. The molecule has 66 valence electrons. The van der Waals surface area contributed by atoms with Crippen molar-refractivity contribution < 1.29 is 0 Å². The molecule has 1 aliphatic heterocycles. The first kappa shape index (κ1) is 8.92. The van der Waals surface area contributed by atoms with Crippen LogP contribution in [0, 0.1) is 11.3 Å². The third-order valence-corrected chi connectivity index (χ3v) is 3.90. The number of alkyl halides is 1. The number of nitrogens with one attached hydrogen (secondary N) is 1. The van der Waals surface area contributed by atoms with Crippen LogP contribution < -0.4 is 5.32 Å². The second-order valence-electron chi connectivity index (χ2n) is 2.79. The Morgan fingerprint density at radius 3 is 3.00 bits per heavy atom. The predicted molar refractivity (Wildman–Crippen MR) is 57.8 cm³/mol. The second-order valence-corrected chi connectivity index (χ2v) is 6.01. The SMILES string of the molecule is N#CCC1(Br)Nc2ccccc2S1. The minimum Gasteiger partial charge on any atom is -0.360 e. The van der Waals surface area contributed by atoms with Gasteiger partial charge in [-0.2, -0.15) is 5.26 Å². The number of fused-ring (bicyclic) bond motifs is 1. The first-order valence-corrected chi connectivity index (χ1v) is 5.46. The summed E-state index contributed by atoms with van der Waals surface area (Å²) in [6, 6.07) is 10.2. The molecule has 0 aliphatic carbocycles. The van der Waals surface area contributed by atoms with Gasteiger partial charge in [0, 0.05) is 10.6 Å². The van der Waals surface area contributed by atoms with E-state index in [0.717, 1.165) is 5.69 Å². The summed E-state index contributed by atoms with van der Waals surface area (Å²) in [5.41, 5.74) is 1.10. The molecular formula is C9H7BrN2S. The molecule has 1 atom stereocenters. The van der Waals surface area contributed by atoms with Crippen LogP contribution in [-0.4, -0.2) is 3.78 Å². The number of benzene rings is 1. The molecular weight excluding hydrogens is 248 g/mol. The van der Waals surface area contributed by atoms with Crippen molar-refractivity contribution in [3.05, 3.63) is 24.3 Å². The molecule has 1 aromatic rings. The Morgan fingerprint density at radius 1 is 1.54 bits per heavy atom. The first-order chi connectivity index (χ1) is 6.23. The highest BCUT2D eigenvalue weighted by atomic mass is 79.9. The molecule has 1 N–H and O–H groups in total. The van der Waals surface area contributed by atoms with E-state index in [1.165, 1.54) is 4.90 Å². The molecule has 0 spiro atoms. The van der Waals surface area contributed by atoms with Crippen molar-refractivity contribution in [2.45, 2.75) is 15.1 Å². The molecule has 0 saturated heterocycles. The van der Waals surface area contributed by atoms with Gasteiger partial charge >= 0.3 is 0 Å². The third kappa shape index (κ3) is 1.67. The third-order valence-electron chi connectivity index (χ3n) is 1.79. The Balaban J connectivity index is 2.27. The number of hydrogen-bond acceptors (Lipinski definition) is 3. The van der Waals surface area contributed by atoms with Gasteiger partial charge in [0.25, 0.3) is 0 Å². The Labute approximate surface area is 89.5 Å². The standard InChI is InChI=1S/C9H7BrN2S/c10-9(5-6-11)12-7-3-1-2-4-8(7)13-9/h1-4,12H,5H2. The number of para-hydroxylation sites is 1. The number of anilines is 1. The average Bonchev–Trinajstić information content (AvgIpc) is 2.40. The van der Waals surface area contributed by atoms with Gasteiger partial charge in [-0.05, 0) is 28.1 Å². The summed E-state index contributed by atoms with van der Waals surface area (Å²) in [7, 11) is 0. The lowest BCUT2D eigenvalue weighted by Crippen LogP contribution is -2.21. The van der Waals surface area contributed by atoms with E-state index in [1.807, 2.05) is 24.3 Å². The van der Waals surface area contributed by atoms with Gasteiger partial charge in [-0.15, -0.1) is 0 Å². The Hall–Kier alpha value is -0.660. The van der Waals surface area contributed by atoms with Crippen LogP contribution in [0.1, 0.15) is 6.42 Å². The molecule has 0 aromatic heterocycles. The van der Waals surface area contributed by atoms with Crippen LogP contribution in [0.25, 0.3) is 0 Å². The normalized spacial score (nSPS) is 24.6. The molecule has 4 heteroatoms. The van der Waals surface area contributed by atoms with Crippen molar-refractivity contribution in [2.24, 2.45) is 0 Å². The summed E-state index contributed by atoms with van der Waals surface area (Å²) in [5.74, 6) is 0. The number of halogens is 1. The maximum absolute atomic E-state index is 8.64. The quantitative estimate of drug-likeness (QED) is 0.618. The highest BCUT2D eigenvalue weighted by Crippen LogP contribution is 2.50. The molecule has 13 heavy (non-hydrogen) atoms. The zero-order chi connectivity index (χ0) is 9.31. The monoisotopic (exact) mass is 254 g/mol. The van der Waals surface area contributed by atoms with Gasteiger partial charge < -0.3 is 5.32 Å². The minimum atomic E-state index is -0.328. The van der Waals surface area contributed by atoms with Crippen molar-refractivity contribution in [1.29, 1.82) is 5.26 Å². The molecule has 0 fully saturated rings. The van der Waals surface area contributed by atoms with Crippen molar-refractivity contribution in [3.8, 4) is 6.07 Å². The first-order valence-electron chi connectivity index (χ1n) is 3.86. The van der Waals surface area contributed by atoms with Gasteiger partial charge in [0.15, 0.2) is 3.78 Å². The van der Waals surface area contributed by atoms with Crippen LogP contribution in [-0.2, 0) is 0 Å². The van der Waals surface area contributed by atoms with E-state index in [0.29, 0.717) is 6.42 Å². The fourth-order valence-corrected chi connectivity index (χ4v) is 3.13. The van der Waals surface area contributed by atoms with E-state index < -0.39 is 0 Å². The smallest absolute Gasteiger partial charge is 0.157 e. The van der Waals surface area contributed by atoms with Gasteiger partial charge in [0.1, 0.15) is 0 Å². The van der Waals surface area contributed by atoms with Gasteiger partial charge in [0.05, 0.1) is 12.5 Å². The lowest BCUT2D eigenvalue weighted by Gasteiger charge is -2.17. The van der Waals surface area contributed by atoms with Crippen LogP contribution in [0.15, 0.2) is 29.2 Å². The molecule has 1 aliphatic rings. The van der Waals surface area contributed by atoms with Crippen LogP contribution >= 0.6 is 27.7 Å². The van der Waals surface area contributed by atoms with E-state index in [2.05, 4.69) is 27.3 Å². The number of nitriles is 1. The summed E-state index contributed by atoms with van der Waals surface area (Å²) in [4.78, 5) is 1.19. The average molecular weight is 255 g/mol. The van der Waals surface area contributed by atoms with Crippen LogP contribution in [0.4, 0.5) is 5.69 Å². The molecule has 0 bridgehead atoms. The van der Waals surface area contributed by atoms with E-state index in [4.69, 9.17) is 5.26 Å². The second kappa shape index (κ2) is 3.24. The zero-order valence-corrected chi connectivity index (χ0v) is 9.15. The lowest BCUT2D eigenvalue weighted by molar-refractivity contribution is 0.971. The number of rotatable bonds is 1. The Kier molecular flexibility index (Phi) is 2.22. The van der Waals surface area contributed by atoms with Gasteiger partial charge in [-0.3, -0.25) is 0 Å². The minimum absolute atomic E-state index is 0.328. The maximum atomic E-state index is 8.64. The van der Waals surface area contributed by atoms with E-state index in [9.17, 15) is 0 Å². The number of thioether (sulfide) groups is 1. The summed E-state index contributed by atoms with van der Waals surface area (Å²) in [5, 5.41) is 11.9. The predicted octanol–water partition coefficient (Wildman–Crippen LogP) is 3.17.